The highest BCUT2D eigenvalue weighted by atomic mass is 16.6. The lowest BCUT2D eigenvalue weighted by molar-refractivity contribution is -0.384. The average Bonchev–Trinajstić information content (AvgIpc) is 2.76. The second-order valence-corrected chi connectivity index (χ2v) is 7.61. The molecule has 0 saturated carbocycles. The van der Waals surface area contributed by atoms with Crippen molar-refractivity contribution in [2.45, 2.75) is 57.8 Å². The molecule has 1 aromatic rings. The van der Waals surface area contributed by atoms with E-state index in [2.05, 4.69) is 10.2 Å². The van der Waals surface area contributed by atoms with Crippen LogP contribution in [0.3, 0.4) is 0 Å². The fraction of sp³-hybridized carbons (Fsp3) is 0.667. The van der Waals surface area contributed by atoms with Crippen molar-refractivity contribution in [3.8, 4) is 0 Å². The van der Waals surface area contributed by atoms with Crippen molar-refractivity contribution in [3.05, 3.63) is 39.9 Å². The van der Waals surface area contributed by atoms with Crippen LogP contribution in [0.15, 0.2) is 29.3 Å². The largest absolute Gasteiger partial charge is 0.376 e. The molecule has 2 heterocycles. The second kappa shape index (κ2) is 11.1. The number of benzene rings is 1. The third-order valence-corrected chi connectivity index (χ3v) is 5.40. The van der Waals surface area contributed by atoms with Gasteiger partial charge in [0.1, 0.15) is 0 Å². The molecule has 0 aromatic heterocycles. The van der Waals surface area contributed by atoms with Crippen LogP contribution in [0.1, 0.15) is 44.6 Å². The van der Waals surface area contributed by atoms with Crippen molar-refractivity contribution in [3.63, 3.8) is 0 Å². The number of hydrogen-bond donors (Lipinski definition) is 1. The van der Waals surface area contributed by atoms with Gasteiger partial charge in [-0.25, -0.2) is 4.99 Å². The lowest BCUT2D eigenvalue weighted by atomic mass is 10.1. The molecule has 1 aromatic carbocycles. The molecular weight excluding hydrogens is 372 g/mol. The summed E-state index contributed by atoms with van der Waals surface area (Å²) in [4.78, 5) is 17.5. The number of non-ortho nitro benzene ring substituents is 1. The van der Waals surface area contributed by atoms with Crippen molar-refractivity contribution in [2.75, 3.05) is 32.8 Å². The van der Waals surface area contributed by atoms with Crippen LogP contribution in [0.4, 0.5) is 5.69 Å². The summed E-state index contributed by atoms with van der Waals surface area (Å²) < 4.78 is 11.9. The first-order chi connectivity index (χ1) is 14.2. The molecule has 0 aliphatic carbocycles. The van der Waals surface area contributed by atoms with Gasteiger partial charge in [0, 0.05) is 38.4 Å². The van der Waals surface area contributed by atoms with E-state index in [0.29, 0.717) is 13.2 Å². The minimum absolute atomic E-state index is 0.0996. The van der Waals surface area contributed by atoms with Gasteiger partial charge in [0.25, 0.3) is 5.69 Å². The zero-order valence-electron chi connectivity index (χ0n) is 17.2. The molecule has 8 heteroatoms. The lowest BCUT2D eigenvalue weighted by Crippen LogP contribution is -2.47. The number of nitrogens with one attached hydrogen (secondary N) is 1. The highest BCUT2D eigenvalue weighted by molar-refractivity contribution is 5.80. The van der Waals surface area contributed by atoms with E-state index in [1.165, 1.54) is 12.5 Å². The predicted molar refractivity (Wildman–Crippen MR) is 112 cm³/mol. The molecule has 160 valence electrons. The minimum atomic E-state index is -0.373. The van der Waals surface area contributed by atoms with Crippen LogP contribution in [-0.2, 0) is 16.0 Å². The molecule has 8 nitrogen and oxygen atoms in total. The zero-order valence-corrected chi connectivity index (χ0v) is 17.2. The topological polar surface area (TPSA) is 89.2 Å². The van der Waals surface area contributed by atoms with Crippen molar-refractivity contribution in [1.82, 2.24) is 10.2 Å². The van der Waals surface area contributed by atoms with Crippen LogP contribution in [-0.4, -0.2) is 60.8 Å². The number of guanidine groups is 1. The third kappa shape index (κ3) is 6.68. The molecule has 3 rings (SSSR count). The molecule has 2 fully saturated rings. The van der Waals surface area contributed by atoms with E-state index in [1.807, 2.05) is 13.0 Å². The van der Waals surface area contributed by atoms with Gasteiger partial charge in [-0.3, -0.25) is 10.1 Å². The van der Waals surface area contributed by atoms with Crippen molar-refractivity contribution >= 4 is 11.6 Å². The fourth-order valence-electron chi connectivity index (χ4n) is 3.78. The van der Waals surface area contributed by atoms with Crippen LogP contribution in [0.2, 0.25) is 0 Å². The second-order valence-electron chi connectivity index (χ2n) is 7.61. The summed E-state index contributed by atoms with van der Waals surface area (Å²) in [5.41, 5.74) is 0.933. The summed E-state index contributed by atoms with van der Waals surface area (Å²) in [5.74, 6) is 0.855. The van der Waals surface area contributed by atoms with E-state index in [4.69, 9.17) is 14.5 Å². The Balaban J connectivity index is 1.50. The van der Waals surface area contributed by atoms with Crippen LogP contribution >= 0.6 is 0 Å². The van der Waals surface area contributed by atoms with Gasteiger partial charge in [-0.15, -0.1) is 0 Å². The first kappa shape index (κ1) is 21.5. The van der Waals surface area contributed by atoms with E-state index in [0.717, 1.165) is 63.4 Å². The molecule has 0 radical (unpaired) electrons. The smallest absolute Gasteiger partial charge is 0.269 e. The first-order valence-electron chi connectivity index (χ1n) is 10.7. The molecule has 29 heavy (non-hydrogen) atoms. The summed E-state index contributed by atoms with van der Waals surface area (Å²) >= 11 is 0. The Morgan fingerprint density at radius 3 is 2.86 bits per heavy atom. The fourth-order valence-corrected chi connectivity index (χ4v) is 3.78. The zero-order chi connectivity index (χ0) is 20.5. The van der Waals surface area contributed by atoms with Gasteiger partial charge < -0.3 is 19.7 Å². The molecule has 1 N–H and O–H groups in total. The van der Waals surface area contributed by atoms with Gasteiger partial charge in [0.2, 0.25) is 0 Å². The summed E-state index contributed by atoms with van der Waals surface area (Å²) in [6.45, 7) is 6.57. The van der Waals surface area contributed by atoms with Crippen molar-refractivity contribution < 1.29 is 14.4 Å². The number of ether oxygens (including phenoxy) is 2. The quantitative estimate of drug-likeness (QED) is 0.325. The molecule has 0 amide bonds. The minimum Gasteiger partial charge on any atom is -0.376 e. The van der Waals surface area contributed by atoms with E-state index in [-0.39, 0.29) is 22.8 Å². The maximum atomic E-state index is 11.0. The van der Waals surface area contributed by atoms with Crippen LogP contribution < -0.4 is 5.32 Å². The van der Waals surface area contributed by atoms with E-state index < -0.39 is 0 Å². The van der Waals surface area contributed by atoms with Gasteiger partial charge in [-0.05, 0) is 44.6 Å². The highest BCUT2D eigenvalue weighted by Crippen LogP contribution is 2.18. The van der Waals surface area contributed by atoms with Gasteiger partial charge >= 0.3 is 0 Å². The average molecular weight is 405 g/mol. The van der Waals surface area contributed by atoms with E-state index >= 15 is 0 Å². The Morgan fingerprint density at radius 1 is 1.34 bits per heavy atom. The SMILES string of the molecule is CCNC(=NCc1cccc([N+](=O)[O-])c1)N1CCC(OCC2CCCCO2)CC1. The van der Waals surface area contributed by atoms with Crippen molar-refractivity contribution in [1.29, 1.82) is 0 Å². The Hall–Kier alpha value is -2.19. The van der Waals surface area contributed by atoms with Crippen LogP contribution in [0.25, 0.3) is 0 Å². The van der Waals surface area contributed by atoms with Crippen molar-refractivity contribution in [2.24, 2.45) is 4.99 Å². The molecule has 0 bridgehead atoms. The van der Waals surface area contributed by atoms with E-state index in [1.54, 1.807) is 12.1 Å². The standard InChI is InChI=1S/C21H32N4O4/c1-2-22-21(23-15-17-6-5-7-18(14-17)25(26)27)24-11-9-19(10-12-24)29-16-20-8-3-4-13-28-20/h5-7,14,19-20H,2-4,8-13,15-16H2,1H3,(H,22,23). The van der Waals surface area contributed by atoms with Gasteiger partial charge in [0.15, 0.2) is 5.96 Å². The first-order valence-corrected chi connectivity index (χ1v) is 10.7. The lowest BCUT2D eigenvalue weighted by Gasteiger charge is -2.35. The van der Waals surface area contributed by atoms with Crippen LogP contribution in [0.5, 0.6) is 0 Å². The number of likely N-dealkylation sites (tertiary alicyclic amines) is 1. The molecule has 2 aliphatic rings. The number of nitrogens with zero attached hydrogens (tertiary/aromatic N) is 3. The summed E-state index contributed by atoms with van der Waals surface area (Å²) in [5, 5.41) is 14.3. The van der Waals surface area contributed by atoms with E-state index in [9.17, 15) is 10.1 Å². The highest BCUT2D eigenvalue weighted by Gasteiger charge is 2.23. The Morgan fingerprint density at radius 2 is 2.17 bits per heavy atom. The van der Waals surface area contributed by atoms with Gasteiger partial charge in [-0.1, -0.05) is 12.1 Å². The summed E-state index contributed by atoms with van der Waals surface area (Å²) in [6, 6.07) is 6.66. The molecule has 1 unspecified atom stereocenters. The molecule has 2 saturated heterocycles. The Labute approximate surface area is 172 Å². The predicted octanol–water partition coefficient (Wildman–Crippen LogP) is 3.11. The Bertz CT molecular complexity index is 683. The maximum Gasteiger partial charge on any atom is 0.269 e. The molecular formula is C21H32N4O4. The third-order valence-electron chi connectivity index (χ3n) is 5.40. The summed E-state index contributed by atoms with van der Waals surface area (Å²) in [6.07, 6.45) is 5.97. The number of nitro groups is 1. The van der Waals surface area contributed by atoms with Crippen LogP contribution in [0, 0.1) is 10.1 Å². The maximum absolute atomic E-state index is 11.0. The number of hydrogen-bond acceptors (Lipinski definition) is 5. The van der Waals surface area contributed by atoms with Gasteiger partial charge in [-0.2, -0.15) is 0 Å². The monoisotopic (exact) mass is 404 g/mol. The van der Waals surface area contributed by atoms with Gasteiger partial charge in [0.05, 0.1) is 30.3 Å². The number of piperidine rings is 1. The molecule has 2 aliphatic heterocycles. The number of rotatable bonds is 7. The Kier molecular flexibility index (Phi) is 8.25. The normalized spacial score (nSPS) is 21.2. The summed E-state index contributed by atoms with van der Waals surface area (Å²) in [7, 11) is 0. The number of aliphatic imine (C=N–C) groups is 1. The molecule has 0 spiro atoms. The molecule has 1 atom stereocenters. The number of nitro benzene ring substituents is 1.